The SMILES string of the molecule is CCOC(=O)C1(c2nc3c(C)cccc3s2)CCCCC1. The molecule has 4 heteroatoms. The predicted molar refractivity (Wildman–Crippen MR) is 85.8 cm³/mol. The first-order valence-electron chi connectivity index (χ1n) is 7.71. The van der Waals surface area contributed by atoms with Crippen molar-refractivity contribution >= 4 is 27.5 Å². The third-order valence-corrected chi connectivity index (χ3v) is 5.63. The van der Waals surface area contributed by atoms with Crippen molar-refractivity contribution in [2.45, 2.75) is 51.4 Å². The minimum absolute atomic E-state index is 0.0820. The normalized spacial score (nSPS) is 17.8. The van der Waals surface area contributed by atoms with Crippen LogP contribution in [0.2, 0.25) is 0 Å². The van der Waals surface area contributed by atoms with E-state index >= 15 is 0 Å². The Kier molecular flexibility index (Phi) is 3.98. The van der Waals surface area contributed by atoms with E-state index < -0.39 is 5.41 Å². The van der Waals surface area contributed by atoms with E-state index in [1.807, 2.05) is 6.92 Å². The molecule has 3 nitrogen and oxygen atoms in total. The smallest absolute Gasteiger partial charge is 0.319 e. The molecule has 21 heavy (non-hydrogen) atoms. The molecule has 0 radical (unpaired) electrons. The number of esters is 1. The van der Waals surface area contributed by atoms with Gasteiger partial charge < -0.3 is 4.74 Å². The lowest BCUT2D eigenvalue weighted by molar-refractivity contribution is -0.151. The average molecular weight is 303 g/mol. The molecule has 1 saturated carbocycles. The van der Waals surface area contributed by atoms with Gasteiger partial charge >= 0.3 is 5.97 Å². The van der Waals surface area contributed by atoms with Gasteiger partial charge in [-0.05, 0) is 38.3 Å². The average Bonchev–Trinajstić information content (AvgIpc) is 2.94. The maximum Gasteiger partial charge on any atom is 0.319 e. The Balaban J connectivity index is 2.09. The van der Waals surface area contributed by atoms with Gasteiger partial charge in [0.15, 0.2) is 0 Å². The summed E-state index contributed by atoms with van der Waals surface area (Å²) in [6.45, 7) is 4.38. The van der Waals surface area contributed by atoms with Gasteiger partial charge in [0.25, 0.3) is 0 Å². The highest BCUT2D eigenvalue weighted by atomic mass is 32.1. The fraction of sp³-hybridized carbons (Fsp3) is 0.529. The number of hydrogen-bond acceptors (Lipinski definition) is 4. The molecule has 0 amide bonds. The van der Waals surface area contributed by atoms with E-state index in [9.17, 15) is 4.79 Å². The molecule has 1 aromatic heterocycles. The van der Waals surface area contributed by atoms with Crippen LogP contribution in [0.3, 0.4) is 0 Å². The Hall–Kier alpha value is -1.42. The number of aromatic nitrogens is 1. The lowest BCUT2D eigenvalue weighted by Crippen LogP contribution is -2.39. The number of ether oxygens (including phenoxy) is 1. The fourth-order valence-corrected chi connectivity index (χ4v) is 4.50. The Labute approximate surface area is 129 Å². The summed E-state index contributed by atoms with van der Waals surface area (Å²) in [6.07, 6.45) is 5.09. The van der Waals surface area contributed by atoms with Crippen LogP contribution in [0.4, 0.5) is 0 Å². The number of hydrogen-bond donors (Lipinski definition) is 0. The van der Waals surface area contributed by atoms with E-state index in [0.717, 1.165) is 36.2 Å². The number of thiazole rings is 1. The number of benzene rings is 1. The van der Waals surface area contributed by atoms with Crippen LogP contribution in [0.5, 0.6) is 0 Å². The van der Waals surface area contributed by atoms with E-state index in [1.165, 1.54) is 16.7 Å². The molecule has 0 bridgehead atoms. The zero-order chi connectivity index (χ0) is 14.9. The third kappa shape index (κ3) is 2.46. The molecule has 1 aliphatic carbocycles. The van der Waals surface area contributed by atoms with Crippen LogP contribution in [0.15, 0.2) is 18.2 Å². The van der Waals surface area contributed by atoms with Crippen LogP contribution in [0.25, 0.3) is 10.2 Å². The summed E-state index contributed by atoms with van der Waals surface area (Å²) in [5.74, 6) is -0.0820. The molecule has 3 rings (SSSR count). The summed E-state index contributed by atoms with van der Waals surface area (Å²) in [6, 6.07) is 6.21. The molecule has 0 unspecified atom stereocenters. The molecule has 0 aliphatic heterocycles. The first-order chi connectivity index (χ1) is 10.2. The van der Waals surface area contributed by atoms with Crippen molar-refractivity contribution in [3.8, 4) is 0 Å². The van der Waals surface area contributed by atoms with Gasteiger partial charge in [-0.2, -0.15) is 0 Å². The summed E-state index contributed by atoms with van der Waals surface area (Å²) >= 11 is 1.66. The quantitative estimate of drug-likeness (QED) is 0.790. The van der Waals surface area contributed by atoms with Crippen LogP contribution < -0.4 is 0 Å². The highest BCUT2D eigenvalue weighted by Gasteiger charge is 2.45. The third-order valence-electron chi connectivity index (χ3n) is 4.40. The van der Waals surface area contributed by atoms with Crippen molar-refractivity contribution in [2.24, 2.45) is 0 Å². The molecule has 0 N–H and O–H groups in total. The minimum atomic E-state index is -0.510. The number of para-hydroxylation sites is 1. The van der Waals surface area contributed by atoms with Gasteiger partial charge in [-0.15, -0.1) is 11.3 Å². The molecule has 1 aromatic carbocycles. The lowest BCUT2D eigenvalue weighted by Gasteiger charge is -2.32. The first kappa shape index (κ1) is 14.5. The number of fused-ring (bicyclic) bond motifs is 1. The van der Waals surface area contributed by atoms with E-state index in [-0.39, 0.29) is 5.97 Å². The van der Waals surface area contributed by atoms with Crippen LogP contribution in [0.1, 0.15) is 49.6 Å². The van der Waals surface area contributed by atoms with Gasteiger partial charge in [-0.3, -0.25) is 4.79 Å². The number of rotatable bonds is 3. The van der Waals surface area contributed by atoms with Crippen LogP contribution in [0, 0.1) is 6.92 Å². The van der Waals surface area contributed by atoms with Crippen molar-refractivity contribution in [3.63, 3.8) is 0 Å². The highest BCUT2D eigenvalue weighted by molar-refractivity contribution is 7.18. The molecular formula is C17H21NO2S. The largest absolute Gasteiger partial charge is 0.465 e. The summed E-state index contributed by atoms with van der Waals surface area (Å²) < 4.78 is 6.56. The molecule has 1 aliphatic rings. The summed E-state index contributed by atoms with van der Waals surface area (Å²) in [5.41, 5.74) is 1.70. The minimum Gasteiger partial charge on any atom is -0.465 e. The highest BCUT2D eigenvalue weighted by Crippen LogP contribution is 2.43. The Morgan fingerprint density at radius 3 is 2.76 bits per heavy atom. The number of aryl methyl sites for hydroxylation is 1. The molecule has 0 saturated heterocycles. The molecule has 0 spiro atoms. The maximum absolute atomic E-state index is 12.6. The van der Waals surface area contributed by atoms with Gasteiger partial charge in [0.1, 0.15) is 10.4 Å². The second kappa shape index (κ2) is 5.76. The maximum atomic E-state index is 12.6. The standard InChI is InChI=1S/C17H21NO2S/c1-3-20-16(19)17(10-5-4-6-11-17)15-18-14-12(2)8-7-9-13(14)21-15/h7-9H,3-6,10-11H2,1-2H3. The molecular weight excluding hydrogens is 282 g/mol. The molecule has 0 atom stereocenters. The van der Waals surface area contributed by atoms with Crippen LogP contribution in [-0.4, -0.2) is 17.6 Å². The van der Waals surface area contributed by atoms with Gasteiger partial charge in [-0.1, -0.05) is 31.4 Å². The monoisotopic (exact) mass is 303 g/mol. The van der Waals surface area contributed by atoms with Crippen LogP contribution in [-0.2, 0) is 14.9 Å². The van der Waals surface area contributed by atoms with Crippen molar-refractivity contribution in [1.82, 2.24) is 4.98 Å². The first-order valence-corrected chi connectivity index (χ1v) is 8.53. The van der Waals surface area contributed by atoms with E-state index in [2.05, 4.69) is 25.1 Å². The summed E-state index contributed by atoms with van der Waals surface area (Å²) in [4.78, 5) is 17.5. The second-order valence-corrected chi connectivity index (χ2v) is 6.83. The zero-order valence-corrected chi connectivity index (χ0v) is 13.5. The molecule has 112 valence electrons. The van der Waals surface area contributed by atoms with Gasteiger partial charge in [0.2, 0.25) is 0 Å². The van der Waals surface area contributed by atoms with Gasteiger partial charge in [-0.25, -0.2) is 4.98 Å². The predicted octanol–water partition coefficient (Wildman–Crippen LogP) is 4.37. The van der Waals surface area contributed by atoms with Crippen molar-refractivity contribution in [1.29, 1.82) is 0 Å². The number of carbonyl (C=O) groups is 1. The Bertz CT molecular complexity index is 656. The van der Waals surface area contributed by atoms with Crippen molar-refractivity contribution in [2.75, 3.05) is 6.61 Å². The second-order valence-electron chi connectivity index (χ2n) is 5.80. The van der Waals surface area contributed by atoms with Crippen LogP contribution >= 0.6 is 11.3 Å². The molecule has 1 fully saturated rings. The van der Waals surface area contributed by atoms with E-state index in [0.29, 0.717) is 6.61 Å². The lowest BCUT2D eigenvalue weighted by atomic mass is 9.74. The zero-order valence-electron chi connectivity index (χ0n) is 12.6. The fourth-order valence-electron chi connectivity index (χ4n) is 3.22. The topological polar surface area (TPSA) is 39.2 Å². The van der Waals surface area contributed by atoms with Gasteiger partial charge in [0.05, 0.1) is 16.8 Å². The Morgan fingerprint density at radius 1 is 1.33 bits per heavy atom. The van der Waals surface area contributed by atoms with E-state index in [4.69, 9.17) is 9.72 Å². The van der Waals surface area contributed by atoms with Crippen molar-refractivity contribution in [3.05, 3.63) is 28.8 Å². The van der Waals surface area contributed by atoms with Crippen molar-refractivity contribution < 1.29 is 9.53 Å². The Morgan fingerprint density at radius 2 is 2.10 bits per heavy atom. The summed E-state index contributed by atoms with van der Waals surface area (Å²) in [7, 11) is 0. The van der Waals surface area contributed by atoms with Gasteiger partial charge in [0, 0.05) is 0 Å². The van der Waals surface area contributed by atoms with E-state index in [1.54, 1.807) is 11.3 Å². The number of nitrogens with zero attached hydrogens (tertiary/aromatic N) is 1. The molecule has 1 heterocycles. The molecule has 2 aromatic rings. The number of carbonyl (C=O) groups excluding carboxylic acids is 1. The summed E-state index contributed by atoms with van der Waals surface area (Å²) in [5, 5.41) is 0.949.